The highest BCUT2D eigenvalue weighted by atomic mass is 79.9. The largest absolute Gasteiger partial charge is 0.295 e. The van der Waals surface area contributed by atoms with Gasteiger partial charge in [-0.3, -0.25) is 9.69 Å². The first-order valence-corrected chi connectivity index (χ1v) is 5.88. The molecule has 1 aromatic rings. The lowest BCUT2D eigenvalue weighted by Crippen LogP contribution is -2.25. The lowest BCUT2D eigenvalue weighted by molar-refractivity contribution is -0.117. The number of halogens is 2. The zero-order valence-electron chi connectivity index (χ0n) is 8.20. The second-order valence-corrected chi connectivity index (χ2v) is 5.01. The minimum Gasteiger partial charge on any atom is -0.295 e. The molecule has 1 atom stereocenters. The number of carbonyl (C=O) groups is 1. The average Bonchev–Trinajstić information content (AvgIpc) is 2.50. The van der Waals surface area contributed by atoms with Crippen LogP contribution in [0.4, 0.5) is 5.82 Å². The van der Waals surface area contributed by atoms with Crippen LogP contribution in [0.25, 0.3) is 0 Å². The van der Waals surface area contributed by atoms with Crippen LogP contribution in [0.1, 0.15) is 12.1 Å². The summed E-state index contributed by atoms with van der Waals surface area (Å²) in [5, 5.41) is -0.0942. The molecular weight excluding hydrogens is 279 g/mol. The molecule has 0 aliphatic carbocycles. The molecule has 2 rings (SSSR count). The van der Waals surface area contributed by atoms with Crippen LogP contribution in [0.3, 0.4) is 0 Å². The number of amides is 1. The molecule has 80 valence electrons. The van der Waals surface area contributed by atoms with Gasteiger partial charge in [0, 0.05) is 17.4 Å². The zero-order valence-corrected chi connectivity index (χ0v) is 10.5. The van der Waals surface area contributed by atoms with Crippen molar-refractivity contribution in [3.05, 3.63) is 22.3 Å². The van der Waals surface area contributed by atoms with Crippen molar-refractivity contribution in [3.8, 4) is 0 Å². The van der Waals surface area contributed by atoms with E-state index in [9.17, 15) is 4.79 Å². The van der Waals surface area contributed by atoms with Crippen molar-refractivity contribution in [2.75, 3.05) is 11.4 Å². The van der Waals surface area contributed by atoms with Crippen molar-refractivity contribution in [2.45, 2.75) is 18.7 Å². The summed E-state index contributed by atoms with van der Waals surface area (Å²) in [6, 6.07) is 3.72. The molecule has 0 radical (unpaired) electrons. The number of aryl methyl sites for hydroxylation is 1. The van der Waals surface area contributed by atoms with E-state index >= 15 is 0 Å². The molecule has 0 bridgehead atoms. The molecular formula is C10H10BrClN2O. The summed E-state index contributed by atoms with van der Waals surface area (Å²) in [5.74, 6) is 0.730. The summed E-state index contributed by atoms with van der Waals surface area (Å²) in [5.41, 5.74) is 0.873. The number of carbonyl (C=O) groups excluding carboxylic acids is 1. The first-order chi connectivity index (χ1) is 7.08. The normalized spacial score (nSPS) is 21.1. The number of nitrogens with zero attached hydrogens (tertiary/aromatic N) is 2. The van der Waals surface area contributed by atoms with E-state index in [1.807, 2.05) is 19.1 Å². The molecule has 0 saturated carbocycles. The fourth-order valence-corrected chi connectivity index (χ4v) is 2.06. The van der Waals surface area contributed by atoms with Crippen molar-refractivity contribution < 1.29 is 4.79 Å². The molecule has 1 saturated heterocycles. The van der Waals surface area contributed by atoms with Gasteiger partial charge in [0.15, 0.2) is 0 Å². The molecule has 0 N–H and O–H groups in total. The number of pyridine rings is 1. The fourth-order valence-electron chi connectivity index (χ4n) is 1.57. The van der Waals surface area contributed by atoms with Crippen molar-refractivity contribution in [2.24, 2.45) is 0 Å². The number of aromatic nitrogens is 1. The van der Waals surface area contributed by atoms with Crippen LogP contribution in [0, 0.1) is 6.92 Å². The van der Waals surface area contributed by atoms with Crippen molar-refractivity contribution >= 4 is 39.3 Å². The summed E-state index contributed by atoms with van der Waals surface area (Å²) in [6.45, 7) is 2.45. The van der Waals surface area contributed by atoms with Crippen LogP contribution in [-0.4, -0.2) is 22.8 Å². The first kappa shape index (κ1) is 10.9. The van der Waals surface area contributed by atoms with Gasteiger partial charge in [-0.05, 0) is 35.0 Å². The highest BCUT2D eigenvalue weighted by Gasteiger charge is 2.29. The topological polar surface area (TPSA) is 33.2 Å². The van der Waals surface area contributed by atoms with E-state index in [-0.39, 0.29) is 11.3 Å². The summed E-state index contributed by atoms with van der Waals surface area (Å²) in [7, 11) is 0. The fraction of sp³-hybridized carbons (Fsp3) is 0.400. The molecule has 1 fully saturated rings. The minimum absolute atomic E-state index is 0.0456. The Kier molecular flexibility index (Phi) is 2.98. The van der Waals surface area contributed by atoms with Gasteiger partial charge in [0.25, 0.3) is 0 Å². The Morgan fingerprint density at radius 2 is 2.33 bits per heavy atom. The predicted molar refractivity (Wildman–Crippen MR) is 63.3 cm³/mol. The Hall–Kier alpha value is -0.610. The lowest BCUT2D eigenvalue weighted by atomic mass is 10.3. The molecule has 1 aliphatic rings. The second kappa shape index (κ2) is 4.10. The molecule has 3 nitrogen and oxygen atoms in total. The van der Waals surface area contributed by atoms with E-state index in [1.54, 1.807) is 4.90 Å². The standard InChI is InChI=1S/C10H10BrClN2O/c1-6-8(11)2-3-9(13-6)14-5-7(12)4-10(14)15/h2-3,7H,4-5H2,1H3. The number of hydrogen-bond donors (Lipinski definition) is 0. The Morgan fingerprint density at radius 1 is 1.60 bits per heavy atom. The average molecular weight is 290 g/mol. The zero-order chi connectivity index (χ0) is 11.0. The molecule has 0 spiro atoms. The summed E-state index contributed by atoms with van der Waals surface area (Å²) >= 11 is 9.30. The van der Waals surface area contributed by atoms with Gasteiger partial charge in [0.1, 0.15) is 5.82 Å². The molecule has 0 aromatic carbocycles. The van der Waals surface area contributed by atoms with Gasteiger partial charge in [0.2, 0.25) is 5.91 Å². The number of anilines is 1. The van der Waals surface area contributed by atoms with E-state index in [4.69, 9.17) is 11.6 Å². The number of hydrogen-bond acceptors (Lipinski definition) is 2. The van der Waals surface area contributed by atoms with Crippen LogP contribution < -0.4 is 4.90 Å². The second-order valence-electron chi connectivity index (χ2n) is 3.54. The Bertz CT molecular complexity index is 410. The summed E-state index contributed by atoms with van der Waals surface area (Å²) in [6.07, 6.45) is 0.401. The summed E-state index contributed by atoms with van der Waals surface area (Å²) in [4.78, 5) is 17.5. The smallest absolute Gasteiger partial charge is 0.229 e. The van der Waals surface area contributed by atoms with E-state index < -0.39 is 0 Å². The molecule has 1 aliphatic heterocycles. The SMILES string of the molecule is Cc1nc(N2CC(Cl)CC2=O)ccc1Br. The lowest BCUT2D eigenvalue weighted by Gasteiger charge is -2.15. The molecule has 1 unspecified atom stereocenters. The van der Waals surface area contributed by atoms with E-state index in [0.717, 1.165) is 10.2 Å². The maximum absolute atomic E-state index is 11.6. The highest BCUT2D eigenvalue weighted by molar-refractivity contribution is 9.10. The van der Waals surface area contributed by atoms with Crippen LogP contribution in [0.5, 0.6) is 0 Å². The van der Waals surface area contributed by atoms with E-state index in [1.165, 1.54) is 0 Å². The Morgan fingerprint density at radius 3 is 2.87 bits per heavy atom. The van der Waals surface area contributed by atoms with Gasteiger partial charge in [-0.15, -0.1) is 11.6 Å². The van der Waals surface area contributed by atoms with Gasteiger partial charge in [0.05, 0.1) is 11.1 Å². The number of rotatable bonds is 1. The number of alkyl halides is 1. The predicted octanol–water partition coefficient (Wildman–Crippen LogP) is 2.50. The van der Waals surface area contributed by atoms with Gasteiger partial charge >= 0.3 is 0 Å². The summed E-state index contributed by atoms with van der Waals surface area (Å²) < 4.78 is 0.945. The first-order valence-electron chi connectivity index (χ1n) is 4.65. The van der Waals surface area contributed by atoms with E-state index in [0.29, 0.717) is 18.8 Å². The van der Waals surface area contributed by atoms with Crippen molar-refractivity contribution in [1.29, 1.82) is 0 Å². The van der Waals surface area contributed by atoms with Gasteiger partial charge in [-0.1, -0.05) is 0 Å². The third kappa shape index (κ3) is 2.16. The maximum atomic E-state index is 11.6. The molecule has 5 heteroatoms. The van der Waals surface area contributed by atoms with Crippen LogP contribution in [0.2, 0.25) is 0 Å². The van der Waals surface area contributed by atoms with Crippen molar-refractivity contribution in [1.82, 2.24) is 4.98 Å². The maximum Gasteiger partial charge on any atom is 0.229 e. The highest BCUT2D eigenvalue weighted by Crippen LogP contribution is 2.24. The van der Waals surface area contributed by atoms with Crippen LogP contribution >= 0.6 is 27.5 Å². The van der Waals surface area contributed by atoms with Gasteiger partial charge in [-0.2, -0.15) is 0 Å². The minimum atomic E-state index is -0.0942. The van der Waals surface area contributed by atoms with Crippen LogP contribution in [-0.2, 0) is 4.79 Å². The molecule has 2 heterocycles. The third-order valence-electron chi connectivity index (χ3n) is 2.36. The quantitative estimate of drug-likeness (QED) is 0.744. The van der Waals surface area contributed by atoms with E-state index in [2.05, 4.69) is 20.9 Å². The monoisotopic (exact) mass is 288 g/mol. The molecule has 1 aromatic heterocycles. The van der Waals surface area contributed by atoms with Crippen LogP contribution in [0.15, 0.2) is 16.6 Å². The molecule has 15 heavy (non-hydrogen) atoms. The van der Waals surface area contributed by atoms with Gasteiger partial charge < -0.3 is 0 Å². The molecule has 1 amide bonds. The van der Waals surface area contributed by atoms with Gasteiger partial charge in [-0.25, -0.2) is 4.98 Å². The Labute approximate surface area is 102 Å². The third-order valence-corrected chi connectivity index (χ3v) is 3.49. The Balaban J connectivity index is 2.30. The van der Waals surface area contributed by atoms with Crippen molar-refractivity contribution in [3.63, 3.8) is 0 Å².